The van der Waals surface area contributed by atoms with Crippen molar-refractivity contribution in [2.24, 2.45) is 0 Å². The van der Waals surface area contributed by atoms with Gasteiger partial charge in [0.15, 0.2) is 5.82 Å². The fraction of sp³-hybridized carbons (Fsp3) is 0.167. The molecule has 2 rings (SSSR count). The van der Waals surface area contributed by atoms with Crippen molar-refractivity contribution in [2.45, 2.75) is 18.4 Å². The van der Waals surface area contributed by atoms with Crippen LogP contribution in [0, 0.1) is 0 Å². The van der Waals surface area contributed by atoms with Crippen molar-refractivity contribution in [3.8, 4) is 0 Å². The molecule has 0 atom stereocenters. The number of carbonyl (C=O) groups is 1. The number of halogens is 1. The molecule has 0 aromatic carbocycles. The zero-order valence-corrected chi connectivity index (χ0v) is 13.3. The molecule has 9 heteroatoms. The van der Waals surface area contributed by atoms with Crippen LogP contribution >= 0.6 is 15.9 Å². The van der Waals surface area contributed by atoms with Crippen molar-refractivity contribution < 1.29 is 18.3 Å². The summed E-state index contributed by atoms with van der Waals surface area (Å²) in [5, 5.41) is 9.05. The van der Waals surface area contributed by atoms with Crippen molar-refractivity contribution >= 4 is 37.7 Å². The Morgan fingerprint density at radius 1 is 1.52 bits per heavy atom. The number of carboxylic acid groups (broad SMARTS) is 1. The molecule has 2 aromatic heterocycles. The molecule has 0 radical (unpaired) electrons. The lowest BCUT2D eigenvalue weighted by Gasteiger charge is -2.06. The summed E-state index contributed by atoms with van der Waals surface area (Å²) >= 11 is 3.19. The molecule has 112 valence electrons. The van der Waals surface area contributed by atoms with E-state index in [2.05, 4.69) is 25.6 Å². The number of carboxylic acids is 1. The van der Waals surface area contributed by atoms with Crippen molar-refractivity contribution in [1.29, 1.82) is 0 Å². The Kier molecular flexibility index (Phi) is 4.33. The van der Waals surface area contributed by atoms with Gasteiger partial charge in [-0.15, -0.1) is 0 Å². The molecule has 0 amide bonds. The van der Waals surface area contributed by atoms with Gasteiger partial charge in [0, 0.05) is 18.9 Å². The van der Waals surface area contributed by atoms with Gasteiger partial charge in [0.2, 0.25) is 0 Å². The van der Waals surface area contributed by atoms with Crippen molar-refractivity contribution in [3.05, 3.63) is 40.8 Å². The number of hydrogen-bond acceptors (Lipinski definition) is 4. The van der Waals surface area contributed by atoms with Crippen molar-refractivity contribution in [1.82, 2.24) is 9.55 Å². The number of aromatic carboxylic acids is 1. The number of nitrogens with one attached hydrogen (secondary N) is 1. The zero-order valence-electron chi connectivity index (χ0n) is 10.9. The predicted molar refractivity (Wildman–Crippen MR) is 79.8 cm³/mol. The largest absolute Gasteiger partial charge is 0.477 e. The molecule has 2 heterocycles. The van der Waals surface area contributed by atoms with Gasteiger partial charge in [-0.3, -0.25) is 4.72 Å². The summed E-state index contributed by atoms with van der Waals surface area (Å²) in [5.74, 6) is -1.05. The smallest absolute Gasteiger partial charge is 0.352 e. The molecular formula is C12H12BrN3O4S. The Hall–Kier alpha value is -1.87. The first kappa shape index (κ1) is 15.5. The van der Waals surface area contributed by atoms with E-state index in [0.717, 1.165) is 6.07 Å². The van der Waals surface area contributed by atoms with Crippen LogP contribution in [0.25, 0.3) is 0 Å². The van der Waals surface area contributed by atoms with Crippen molar-refractivity contribution in [2.75, 3.05) is 4.72 Å². The lowest BCUT2D eigenvalue weighted by Crippen LogP contribution is -2.13. The highest BCUT2D eigenvalue weighted by Gasteiger charge is 2.22. The minimum absolute atomic E-state index is 0.0852. The average Bonchev–Trinajstić information content (AvgIpc) is 2.86. The number of aryl methyl sites for hydroxylation is 1. The average molecular weight is 374 g/mol. The Morgan fingerprint density at radius 2 is 2.24 bits per heavy atom. The highest BCUT2D eigenvalue weighted by atomic mass is 79.9. The highest BCUT2D eigenvalue weighted by Crippen LogP contribution is 2.23. The molecule has 0 fully saturated rings. The van der Waals surface area contributed by atoms with E-state index in [1.165, 1.54) is 17.0 Å². The SMILES string of the molecule is CCn1cc(S(=O)(=O)Nc2ncccc2Br)cc1C(=O)O. The Balaban J connectivity index is 2.41. The van der Waals surface area contributed by atoms with Crippen LogP contribution in [0.2, 0.25) is 0 Å². The Morgan fingerprint density at radius 3 is 2.76 bits per heavy atom. The van der Waals surface area contributed by atoms with Gasteiger partial charge in [0.05, 0.1) is 4.47 Å². The molecule has 0 saturated heterocycles. The summed E-state index contributed by atoms with van der Waals surface area (Å²) in [6.07, 6.45) is 2.73. The third kappa shape index (κ3) is 3.24. The molecular weight excluding hydrogens is 362 g/mol. The highest BCUT2D eigenvalue weighted by molar-refractivity contribution is 9.10. The van der Waals surface area contributed by atoms with Crippen molar-refractivity contribution in [3.63, 3.8) is 0 Å². The maximum Gasteiger partial charge on any atom is 0.352 e. The van der Waals surface area contributed by atoms with Gasteiger partial charge in [0.1, 0.15) is 10.6 Å². The van der Waals surface area contributed by atoms with Crippen LogP contribution in [-0.2, 0) is 16.6 Å². The Bertz CT molecular complexity index is 786. The van der Waals surface area contributed by atoms with Crippen LogP contribution in [-0.4, -0.2) is 29.0 Å². The van der Waals surface area contributed by atoms with Gasteiger partial charge >= 0.3 is 5.97 Å². The van der Waals surface area contributed by atoms with E-state index in [1.807, 2.05) is 0 Å². The van der Waals surface area contributed by atoms with Crippen LogP contribution in [0.4, 0.5) is 5.82 Å². The van der Waals surface area contributed by atoms with Crippen LogP contribution in [0.5, 0.6) is 0 Å². The maximum atomic E-state index is 12.3. The number of anilines is 1. The Labute approximate surface area is 129 Å². The van der Waals surface area contributed by atoms with Gasteiger partial charge < -0.3 is 9.67 Å². The topological polar surface area (TPSA) is 101 Å². The lowest BCUT2D eigenvalue weighted by molar-refractivity contribution is 0.0685. The molecule has 0 unspecified atom stereocenters. The number of hydrogen-bond donors (Lipinski definition) is 2. The zero-order chi connectivity index (χ0) is 15.6. The molecule has 0 spiro atoms. The second-order valence-corrected chi connectivity index (χ2v) is 6.63. The summed E-state index contributed by atoms with van der Waals surface area (Å²) in [6, 6.07) is 4.41. The van der Waals surface area contributed by atoms with Crippen LogP contribution < -0.4 is 4.72 Å². The first-order chi connectivity index (χ1) is 9.85. The van der Waals surface area contributed by atoms with E-state index in [-0.39, 0.29) is 16.4 Å². The minimum Gasteiger partial charge on any atom is -0.477 e. The molecule has 0 aliphatic carbocycles. The van der Waals surface area contributed by atoms with E-state index in [1.54, 1.807) is 19.1 Å². The molecule has 0 aliphatic heterocycles. The van der Waals surface area contributed by atoms with Gasteiger partial charge in [0.25, 0.3) is 10.0 Å². The predicted octanol–water partition coefficient (Wildman–Crippen LogP) is 2.16. The third-order valence-electron chi connectivity index (χ3n) is 2.73. The fourth-order valence-electron chi connectivity index (χ4n) is 1.72. The molecule has 7 nitrogen and oxygen atoms in total. The number of aromatic nitrogens is 2. The summed E-state index contributed by atoms with van der Waals surface area (Å²) in [5.41, 5.74) is -0.0852. The molecule has 21 heavy (non-hydrogen) atoms. The molecule has 0 aliphatic rings. The van der Waals surface area contributed by atoms with E-state index < -0.39 is 16.0 Å². The number of nitrogens with zero attached hydrogens (tertiary/aromatic N) is 2. The maximum absolute atomic E-state index is 12.3. The molecule has 2 aromatic rings. The second-order valence-electron chi connectivity index (χ2n) is 4.09. The van der Waals surface area contributed by atoms with Gasteiger partial charge in [-0.2, -0.15) is 0 Å². The number of rotatable bonds is 5. The van der Waals surface area contributed by atoms with Crippen LogP contribution in [0.15, 0.2) is 40.0 Å². The summed E-state index contributed by atoms with van der Waals surface area (Å²) in [6.45, 7) is 2.08. The monoisotopic (exact) mass is 373 g/mol. The first-order valence-corrected chi connectivity index (χ1v) is 8.19. The fourth-order valence-corrected chi connectivity index (χ4v) is 3.27. The second kappa shape index (κ2) is 5.86. The summed E-state index contributed by atoms with van der Waals surface area (Å²) < 4.78 is 28.7. The van der Waals surface area contributed by atoms with E-state index >= 15 is 0 Å². The quantitative estimate of drug-likeness (QED) is 0.835. The molecule has 0 saturated carbocycles. The van der Waals surface area contributed by atoms with Crippen LogP contribution in [0.1, 0.15) is 17.4 Å². The first-order valence-electron chi connectivity index (χ1n) is 5.92. The number of pyridine rings is 1. The molecule has 0 bridgehead atoms. The van der Waals surface area contributed by atoms with Gasteiger partial charge in [-0.25, -0.2) is 18.2 Å². The number of sulfonamides is 1. The summed E-state index contributed by atoms with van der Waals surface area (Å²) in [4.78, 5) is 14.9. The van der Waals surface area contributed by atoms with Gasteiger partial charge in [-0.05, 0) is 41.1 Å². The van der Waals surface area contributed by atoms with E-state index in [4.69, 9.17) is 5.11 Å². The minimum atomic E-state index is -3.91. The summed E-state index contributed by atoms with van der Waals surface area (Å²) in [7, 11) is -3.91. The third-order valence-corrected chi connectivity index (χ3v) is 4.68. The van der Waals surface area contributed by atoms with E-state index in [0.29, 0.717) is 11.0 Å². The lowest BCUT2D eigenvalue weighted by atomic mass is 10.4. The molecule has 2 N–H and O–H groups in total. The van der Waals surface area contributed by atoms with E-state index in [9.17, 15) is 13.2 Å². The van der Waals surface area contributed by atoms with Crippen LogP contribution in [0.3, 0.4) is 0 Å². The normalized spacial score (nSPS) is 11.3. The van der Waals surface area contributed by atoms with Gasteiger partial charge in [-0.1, -0.05) is 0 Å². The standard InChI is InChI=1S/C12H12BrN3O4S/c1-2-16-7-8(6-10(16)12(17)18)21(19,20)15-11-9(13)4-3-5-14-11/h3-7H,2H2,1H3,(H,14,15)(H,17,18).